The highest BCUT2D eigenvalue weighted by Crippen LogP contribution is 2.33. The molecule has 0 spiro atoms. The third-order valence-electron chi connectivity index (χ3n) is 1.43. The van der Waals surface area contributed by atoms with Gasteiger partial charge in [-0.3, -0.25) is 0 Å². The molecule has 7 heavy (non-hydrogen) atoms. The molecule has 1 heterocycles. The zero-order valence-electron chi connectivity index (χ0n) is 4.56. The third-order valence-corrected chi connectivity index (χ3v) is 1.43. The Bertz CT molecular complexity index is 123. The van der Waals surface area contributed by atoms with Crippen LogP contribution in [0, 0.1) is 12.3 Å². The minimum Gasteiger partial charge on any atom is -0.353 e. The molecule has 1 fully saturated rings. The molecule has 0 unspecified atom stereocenters. The zero-order chi connectivity index (χ0) is 5.49. The Morgan fingerprint density at radius 2 is 2.29 bits per heavy atom. The lowest BCUT2D eigenvalue weighted by Gasteiger charge is -1.85. The number of ether oxygens (including phenoxy) is 1. The van der Waals surface area contributed by atoms with E-state index in [-0.39, 0.29) is 11.7 Å². The molecular formula is C6H8O. The van der Waals surface area contributed by atoms with Crippen molar-refractivity contribution in [1.29, 1.82) is 0 Å². The Labute approximate surface area is 43.7 Å². The van der Waals surface area contributed by atoms with Crippen LogP contribution in [0.5, 0.6) is 0 Å². The summed E-state index contributed by atoms with van der Waals surface area (Å²) in [5.41, 5.74) is -0.222. The quantitative estimate of drug-likeness (QED) is 0.321. The van der Waals surface area contributed by atoms with Gasteiger partial charge in [0.1, 0.15) is 0 Å². The molecule has 2 atom stereocenters. The van der Waals surface area contributed by atoms with Crippen molar-refractivity contribution < 1.29 is 4.74 Å². The van der Waals surface area contributed by atoms with Gasteiger partial charge < -0.3 is 4.74 Å². The van der Waals surface area contributed by atoms with E-state index in [1.54, 1.807) is 0 Å². The normalized spacial score (nSPS) is 47.9. The fourth-order valence-electron chi connectivity index (χ4n) is 0.485. The lowest BCUT2D eigenvalue weighted by molar-refractivity contribution is 0.355. The summed E-state index contributed by atoms with van der Waals surface area (Å²) in [6, 6.07) is 0. The van der Waals surface area contributed by atoms with Crippen LogP contribution in [0.15, 0.2) is 0 Å². The summed E-state index contributed by atoms with van der Waals surface area (Å²) in [7, 11) is 0. The molecule has 0 aliphatic carbocycles. The zero-order valence-corrected chi connectivity index (χ0v) is 4.56. The third kappa shape index (κ3) is 0.515. The Kier molecular flexibility index (Phi) is 0.680. The Morgan fingerprint density at radius 3 is 2.29 bits per heavy atom. The van der Waals surface area contributed by atoms with Crippen LogP contribution in [0.1, 0.15) is 13.8 Å². The molecule has 1 aliphatic rings. The smallest absolute Gasteiger partial charge is 0.151 e. The maximum atomic E-state index is 5.08. The van der Waals surface area contributed by atoms with Gasteiger partial charge in [-0.05, 0) is 13.8 Å². The van der Waals surface area contributed by atoms with Crippen molar-refractivity contribution in [3.05, 3.63) is 0 Å². The van der Waals surface area contributed by atoms with Crippen LogP contribution in [0.4, 0.5) is 0 Å². The highest BCUT2D eigenvalue weighted by Gasteiger charge is 2.47. The van der Waals surface area contributed by atoms with Gasteiger partial charge in [0.2, 0.25) is 0 Å². The van der Waals surface area contributed by atoms with Gasteiger partial charge in [-0.2, -0.15) is 0 Å². The average molecular weight is 96.1 g/mol. The maximum absolute atomic E-state index is 5.08. The van der Waals surface area contributed by atoms with E-state index in [0.717, 1.165) is 0 Å². The van der Waals surface area contributed by atoms with Crippen LogP contribution in [0.25, 0.3) is 0 Å². The van der Waals surface area contributed by atoms with E-state index >= 15 is 0 Å². The first-order valence-electron chi connectivity index (χ1n) is 2.34. The molecule has 0 aromatic rings. The monoisotopic (exact) mass is 96.1 g/mol. The van der Waals surface area contributed by atoms with Crippen LogP contribution in [-0.2, 0) is 4.74 Å². The number of hydrogen-bond acceptors (Lipinski definition) is 1. The van der Waals surface area contributed by atoms with E-state index in [9.17, 15) is 0 Å². The van der Waals surface area contributed by atoms with E-state index in [4.69, 9.17) is 11.2 Å². The second kappa shape index (κ2) is 1.02. The maximum Gasteiger partial charge on any atom is 0.151 e. The predicted molar refractivity (Wildman–Crippen MR) is 27.8 cm³/mol. The fourth-order valence-corrected chi connectivity index (χ4v) is 0.485. The molecular weight excluding hydrogens is 88.1 g/mol. The molecule has 1 aliphatic heterocycles. The first-order valence-corrected chi connectivity index (χ1v) is 2.34. The molecule has 0 bridgehead atoms. The highest BCUT2D eigenvalue weighted by atomic mass is 16.6. The van der Waals surface area contributed by atoms with Gasteiger partial charge in [-0.1, -0.05) is 5.92 Å². The summed E-state index contributed by atoms with van der Waals surface area (Å²) in [4.78, 5) is 0. The molecule has 1 rings (SSSR count). The number of epoxide rings is 1. The minimum atomic E-state index is -0.222. The van der Waals surface area contributed by atoms with Gasteiger partial charge in [-0.25, -0.2) is 0 Å². The summed E-state index contributed by atoms with van der Waals surface area (Å²) in [5, 5.41) is 0. The lowest BCUT2D eigenvalue weighted by Crippen LogP contribution is -2.01. The molecule has 0 aromatic heterocycles. The van der Waals surface area contributed by atoms with Crippen LogP contribution in [0.3, 0.4) is 0 Å². The van der Waals surface area contributed by atoms with Gasteiger partial charge in [0.15, 0.2) is 5.60 Å². The molecule has 0 N–H and O–H groups in total. The first kappa shape index (κ1) is 4.67. The van der Waals surface area contributed by atoms with Crippen molar-refractivity contribution in [2.45, 2.75) is 25.6 Å². The molecule has 0 amide bonds. The predicted octanol–water partition coefficient (Wildman–Crippen LogP) is 0.797. The average Bonchev–Trinajstić information content (AvgIpc) is 2.18. The largest absolute Gasteiger partial charge is 0.353 e. The second-order valence-corrected chi connectivity index (χ2v) is 2.01. The molecule has 0 saturated carbocycles. The molecule has 0 radical (unpaired) electrons. The topological polar surface area (TPSA) is 12.5 Å². The second-order valence-electron chi connectivity index (χ2n) is 2.01. The lowest BCUT2D eigenvalue weighted by atomic mass is 10.1. The minimum absolute atomic E-state index is 0.222. The Morgan fingerprint density at radius 1 is 1.86 bits per heavy atom. The van der Waals surface area contributed by atoms with Gasteiger partial charge in [0.25, 0.3) is 0 Å². The van der Waals surface area contributed by atoms with Crippen molar-refractivity contribution in [3.8, 4) is 12.3 Å². The van der Waals surface area contributed by atoms with Crippen molar-refractivity contribution in [2.75, 3.05) is 0 Å². The van der Waals surface area contributed by atoms with E-state index in [2.05, 4.69) is 5.92 Å². The van der Waals surface area contributed by atoms with E-state index in [1.165, 1.54) is 0 Å². The standard InChI is InChI=1S/C6H8O/c1-4-6(3)5(2)7-6/h1,5H,2-3H3/t5-,6-/m0/s1. The summed E-state index contributed by atoms with van der Waals surface area (Å²) >= 11 is 0. The van der Waals surface area contributed by atoms with Crippen molar-refractivity contribution in [3.63, 3.8) is 0 Å². The van der Waals surface area contributed by atoms with Gasteiger partial charge in [-0.15, -0.1) is 6.42 Å². The number of terminal acetylenes is 1. The van der Waals surface area contributed by atoms with Crippen molar-refractivity contribution in [2.24, 2.45) is 0 Å². The van der Waals surface area contributed by atoms with Crippen LogP contribution >= 0.6 is 0 Å². The summed E-state index contributed by atoms with van der Waals surface area (Å²) in [5.74, 6) is 2.54. The highest BCUT2D eigenvalue weighted by molar-refractivity contribution is 5.18. The number of hydrogen-bond donors (Lipinski definition) is 0. The van der Waals surface area contributed by atoms with Crippen molar-refractivity contribution >= 4 is 0 Å². The summed E-state index contributed by atoms with van der Waals surface area (Å²) in [6.45, 7) is 3.89. The van der Waals surface area contributed by atoms with Crippen LogP contribution < -0.4 is 0 Å². The number of rotatable bonds is 0. The molecule has 1 nitrogen and oxygen atoms in total. The molecule has 1 saturated heterocycles. The van der Waals surface area contributed by atoms with Gasteiger partial charge >= 0.3 is 0 Å². The Hall–Kier alpha value is -0.480. The van der Waals surface area contributed by atoms with Crippen LogP contribution in [-0.4, -0.2) is 11.7 Å². The fraction of sp³-hybridized carbons (Fsp3) is 0.667. The van der Waals surface area contributed by atoms with E-state index in [1.807, 2.05) is 13.8 Å². The Balaban J connectivity index is 2.57. The molecule has 0 aromatic carbocycles. The summed E-state index contributed by atoms with van der Waals surface area (Å²) in [6.07, 6.45) is 5.36. The molecule has 38 valence electrons. The van der Waals surface area contributed by atoms with E-state index in [0.29, 0.717) is 0 Å². The van der Waals surface area contributed by atoms with E-state index < -0.39 is 0 Å². The van der Waals surface area contributed by atoms with Gasteiger partial charge in [0, 0.05) is 0 Å². The SMILES string of the molecule is C#C[C@]1(C)O[C@H]1C. The summed E-state index contributed by atoms with van der Waals surface area (Å²) < 4.78 is 5.02. The van der Waals surface area contributed by atoms with Crippen LogP contribution in [0.2, 0.25) is 0 Å². The first-order chi connectivity index (χ1) is 3.19. The van der Waals surface area contributed by atoms with Crippen molar-refractivity contribution in [1.82, 2.24) is 0 Å². The van der Waals surface area contributed by atoms with Gasteiger partial charge in [0.05, 0.1) is 6.10 Å². The molecule has 1 heteroatoms.